The lowest BCUT2D eigenvalue weighted by Gasteiger charge is -2.03. The summed E-state index contributed by atoms with van der Waals surface area (Å²) in [4.78, 5) is 33.1. The zero-order valence-corrected chi connectivity index (χ0v) is 16.4. The number of hydrogen-bond donors (Lipinski definition) is 1. The van der Waals surface area contributed by atoms with Gasteiger partial charge in [-0.15, -0.1) is 11.3 Å². The average molecular weight is 409 g/mol. The molecular weight excluding hydrogens is 394 g/mol. The molecule has 1 N–H and O–H groups in total. The minimum atomic E-state index is -0.272. The third-order valence-electron chi connectivity index (χ3n) is 4.63. The van der Waals surface area contributed by atoms with Gasteiger partial charge in [0.1, 0.15) is 22.5 Å². The number of nitrogens with one attached hydrogen (secondary N) is 1. The van der Waals surface area contributed by atoms with Gasteiger partial charge in [0.25, 0.3) is 11.4 Å². The van der Waals surface area contributed by atoms with Gasteiger partial charge in [-0.3, -0.25) is 14.7 Å². The number of nitrogens with zero attached hydrogens (tertiary/aromatic N) is 6. The van der Waals surface area contributed by atoms with Crippen molar-refractivity contribution in [2.24, 2.45) is 7.05 Å². The van der Waals surface area contributed by atoms with Crippen LogP contribution in [0.15, 0.2) is 33.9 Å². The van der Waals surface area contributed by atoms with Crippen molar-refractivity contribution >= 4 is 38.4 Å². The van der Waals surface area contributed by atoms with E-state index in [1.165, 1.54) is 29.2 Å². The summed E-state index contributed by atoms with van der Waals surface area (Å²) in [6.45, 7) is 1.49. The number of Topliss-reactive ketones (excluding diaryl/α,β-unsaturated/α-hetero) is 1. The molecule has 5 aromatic rings. The monoisotopic (exact) mass is 409 g/mol. The average Bonchev–Trinajstić information content (AvgIpc) is 3.45. The molecule has 0 aromatic carbocycles. The van der Waals surface area contributed by atoms with Crippen molar-refractivity contribution in [1.29, 1.82) is 0 Å². The molecule has 0 spiro atoms. The molecule has 0 bridgehead atoms. The maximum atomic E-state index is 13.0. The van der Waals surface area contributed by atoms with Gasteiger partial charge in [-0.2, -0.15) is 10.2 Å². The SMILES string of the molecule is CC(=O)c1nc(Cn2ncc3c4sc(Cc5ccn[nH]5)nc4n(C)c3c2=O)co1. The summed E-state index contributed by atoms with van der Waals surface area (Å²) >= 11 is 1.54. The molecule has 29 heavy (non-hydrogen) atoms. The molecule has 0 amide bonds. The Morgan fingerprint density at radius 3 is 2.93 bits per heavy atom. The fraction of sp³-hybridized carbons (Fsp3) is 0.222. The lowest BCUT2D eigenvalue weighted by molar-refractivity contribution is 0.0980. The molecule has 0 aliphatic rings. The first-order valence-corrected chi connectivity index (χ1v) is 9.60. The maximum Gasteiger partial charge on any atom is 0.291 e. The third kappa shape index (κ3) is 2.86. The van der Waals surface area contributed by atoms with Crippen LogP contribution in [0.5, 0.6) is 0 Å². The van der Waals surface area contributed by atoms with E-state index >= 15 is 0 Å². The van der Waals surface area contributed by atoms with Crippen LogP contribution in [-0.2, 0) is 20.0 Å². The number of aromatic amines is 1. The number of thiazole rings is 1. The van der Waals surface area contributed by atoms with Gasteiger partial charge in [0, 0.05) is 37.7 Å². The van der Waals surface area contributed by atoms with Crippen molar-refractivity contribution < 1.29 is 9.21 Å². The van der Waals surface area contributed by atoms with E-state index in [0.717, 1.165) is 26.4 Å². The van der Waals surface area contributed by atoms with Gasteiger partial charge >= 0.3 is 0 Å². The highest BCUT2D eigenvalue weighted by molar-refractivity contribution is 7.19. The van der Waals surface area contributed by atoms with Gasteiger partial charge in [-0.05, 0) is 6.07 Å². The first kappa shape index (κ1) is 17.5. The number of hydrogen-bond acceptors (Lipinski definition) is 8. The van der Waals surface area contributed by atoms with Crippen LogP contribution in [0.25, 0.3) is 21.3 Å². The summed E-state index contributed by atoms with van der Waals surface area (Å²) < 4.78 is 9.14. The maximum absolute atomic E-state index is 13.0. The van der Waals surface area contributed by atoms with E-state index in [9.17, 15) is 9.59 Å². The second-order valence-corrected chi connectivity index (χ2v) is 7.73. The van der Waals surface area contributed by atoms with Crippen molar-refractivity contribution in [2.75, 3.05) is 0 Å². The Morgan fingerprint density at radius 2 is 2.21 bits per heavy atom. The Balaban J connectivity index is 1.55. The molecule has 5 aromatic heterocycles. The van der Waals surface area contributed by atoms with Gasteiger partial charge in [-0.25, -0.2) is 14.6 Å². The van der Waals surface area contributed by atoms with E-state index in [4.69, 9.17) is 9.40 Å². The van der Waals surface area contributed by atoms with Crippen molar-refractivity contribution in [3.63, 3.8) is 0 Å². The van der Waals surface area contributed by atoms with E-state index in [2.05, 4.69) is 20.3 Å². The summed E-state index contributed by atoms with van der Waals surface area (Å²) in [6.07, 6.45) is 5.39. The van der Waals surface area contributed by atoms with Gasteiger partial charge in [-0.1, -0.05) is 0 Å². The van der Waals surface area contributed by atoms with E-state index in [1.54, 1.807) is 17.0 Å². The highest BCUT2D eigenvalue weighted by Crippen LogP contribution is 2.31. The molecule has 5 heterocycles. The molecule has 0 aliphatic heterocycles. The van der Waals surface area contributed by atoms with E-state index in [0.29, 0.717) is 17.6 Å². The molecular formula is C18H15N7O3S. The van der Waals surface area contributed by atoms with Crippen LogP contribution in [0.2, 0.25) is 0 Å². The van der Waals surface area contributed by atoms with Gasteiger partial charge < -0.3 is 8.98 Å². The molecule has 5 rings (SSSR count). The van der Waals surface area contributed by atoms with Gasteiger partial charge in [0.15, 0.2) is 5.65 Å². The van der Waals surface area contributed by atoms with E-state index in [-0.39, 0.29) is 23.8 Å². The number of aromatic nitrogens is 7. The van der Waals surface area contributed by atoms with Gasteiger partial charge in [0.2, 0.25) is 5.78 Å². The zero-order chi connectivity index (χ0) is 20.1. The Labute approximate surface area is 166 Å². The summed E-state index contributed by atoms with van der Waals surface area (Å²) in [5.74, 6) is -0.255. The van der Waals surface area contributed by atoms with Crippen LogP contribution in [-0.4, -0.2) is 40.3 Å². The fourth-order valence-corrected chi connectivity index (χ4v) is 4.39. The normalized spacial score (nSPS) is 11.7. The van der Waals surface area contributed by atoms with Gasteiger partial charge in [0.05, 0.1) is 17.4 Å². The number of rotatable bonds is 5. The van der Waals surface area contributed by atoms with Crippen LogP contribution in [0, 0.1) is 0 Å². The lowest BCUT2D eigenvalue weighted by Crippen LogP contribution is -2.24. The van der Waals surface area contributed by atoms with Crippen molar-refractivity contribution in [2.45, 2.75) is 19.9 Å². The first-order chi connectivity index (χ1) is 14.0. The number of aryl methyl sites for hydroxylation is 1. The molecule has 0 atom stereocenters. The predicted octanol–water partition coefficient (Wildman–Crippen LogP) is 1.90. The molecule has 146 valence electrons. The number of ketones is 1. The summed E-state index contributed by atoms with van der Waals surface area (Å²) in [6, 6.07) is 1.91. The minimum absolute atomic E-state index is 0.0162. The second kappa shape index (κ2) is 6.48. The standard InChI is InChI=1S/C18H15N7O3S/c1-9(26)17-21-11(8-28-17)7-25-18(27)14-12(6-20-25)15-16(24(14)2)22-13(29-15)5-10-3-4-19-23-10/h3-4,6,8H,5,7H2,1-2H3,(H,19,23). The predicted molar refractivity (Wildman–Crippen MR) is 105 cm³/mol. The van der Waals surface area contributed by atoms with E-state index < -0.39 is 0 Å². The third-order valence-corrected chi connectivity index (χ3v) is 5.71. The zero-order valence-electron chi connectivity index (χ0n) is 15.5. The molecule has 0 saturated heterocycles. The highest BCUT2D eigenvalue weighted by atomic mass is 32.1. The molecule has 11 heteroatoms. The van der Waals surface area contributed by atoms with Crippen LogP contribution in [0.4, 0.5) is 0 Å². The minimum Gasteiger partial charge on any atom is -0.442 e. The summed E-state index contributed by atoms with van der Waals surface area (Å²) in [7, 11) is 1.82. The Morgan fingerprint density at radius 1 is 1.34 bits per heavy atom. The number of carbonyl (C=O) groups excluding carboxylic acids is 1. The topological polar surface area (TPSA) is 124 Å². The van der Waals surface area contributed by atoms with Crippen molar-refractivity contribution in [1.82, 2.24) is 34.5 Å². The number of carbonyl (C=O) groups is 1. The number of H-pyrrole nitrogens is 1. The second-order valence-electron chi connectivity index (χ2n) is 6.65. The summed E-state index contributed by atoms with van der Waals surface area (Å²) in [5.41, 5.74) is 2.46. The van der Waals surface area contributed by atoms with E-state index in [1.807, 2.05) is 13.1 Å². The molecule has 10 nitrogen and oxygen atoms in total. The lowest BCUT2D eigenvalue weighted by atomic mass is 10.3. The molecule has 0 fully saturated rings. The van der Waals surface area contributed by atoms with Crippen molar-refractivity contribution in [3.8, 4) is 0 Å². The Bertz CT molecular complexity index is 1420. The molecule has 0 unspecified atom stereocenters. The number of fused-ring (bicyclic) bond motifs is 3. The highest BCUT2D eigenvalue weighted by Gasteiger charge is 2.19. The largest absolute Gasteiger partial charge is 0.442 e. The Kier molecular flexibility index (Phi) is 3.91. The van der Waals surface area contributed by atoms with Crippen LogP contribution in [0.3, 0.4) is 0 Å². The smallest absolute Gasteiger partial charge is 0.291 e. The van der Waals surface area contributed by atoms with Crippen LogP contribution in [0.1, 0.15) is 34.0 Å². The summed E-state index contributed by atoms with van der Waals surface area (Å²) in [5, 5.41) is 12.9. The van der Waals surface area contributed by atoms with Crippen LogP contribution < -0.4 is 5.56 Å². The van der Waals surface area contributed by atoms with Crippen LogP contribution >= 0.6 is 11.3 Å². The number of oxazole rings is 1. The van der Waals surface area contributed by atoms with Crippen molar-refractivity contribution in [3.05, 3.63) is 57.4 Å². The quantitative estimate of drug-likeness (QED) is 0.440. The molecule has 0 aliphatic carbocycles. The Hall–Kier alpha value is -3.60. The molecule has 0 radical (unpaired) electrons. The fourth-order valence-electron chi connectivity index (χ4n) is 3.26. The molecule has 0 saturated carbocycles. The first-order valence-electron chi connectivity index (χ1n) is 8.79.